The number of halogens is 1. The second-order valence-electron chi connectivity index (χ2n) is 11.0. The second-order valence-corrected chi connectivity index (χ2v) is 17.7. The van der Waals surface area contributed by atoms with Crippen LogP contribution in [0.1, 0.15) is 13.8 Å². The first-order chi connectivity index (χ1) is 25.7. The van der Waals surface area contributed by atoms with Gasteiger partial charge in [0, 0.05) is 23.2 Å². The fourth-order valence-corrected chi connectivity index (χ4v) is 7.17. The summed E-state index contributed by atoms with van der Waals surface area (Å²) in [6, 6.07) is 4.66. The number of phenols is 2. The molecule has 1 aromatic heterocycles. The number of anilines is 2. The minimum atomic E-state index is -5.31. The van der Waals surface area contributed by atoms with E-state index in [1.165, 1.54) is 26.0 Å². The van der Waals surface area contributed by atoms with Crippen LogP contribution in [0.25, 0.3) is 10.8 Å². The molecule has 24 nitrogen and oxygen atoms in total. The highest BCUT2D eigenvalue weighted by atomic mass is 35.5. The van der Waals surface area contributed by atoms with Gasteiger partial charge < -0.3 is 15.5 Å². The minimum absolute atomic E-state index is 0.0773. The molecule has 1 heterocycles. The summed E-state index contributed by atoms with van der Waals surface area (Å²) in [7, 11) is -19.2. The molecule has 0 saturated heterocycles. The van der Waals surface area contributed by atoms with E-state index in [9.17, 15) is 63.1 Å². The van der Waals surface area contributed by atoms with Gasteiger partial charge in [0.15, 0.2) is 15.6 Å². The summed E-state index contributed by atoms with van der Waals surface area (Å²) in [6.07, 6.45) is 2.41. The Balaban J connectivity index is 1.81. The number of nitro benzene ring substituents is 1. The number of fused-ring (bicyclic) bond motifs is 1. The Labute approximate surface area is 320 Å². The van der Waals surface area contributed by atoms with E-state index in [4.69, 9.17) is 16.2 Å². The largest absolute Gasteiger partial charge is 0.506 e. The molecular formula is C27H25ClN8O16S4. The summed E-state index contributed by atoms with van der Waals surface area (Å²) < 4.78 is 128. The van der Waals surface area contributed by atoms with Gasteiger partial charge in [-0.05, 0) is 61.2 Å². The molecule has 0 radical (unpaired) electrons. The molecule has 0 saturated carbocycles. The molecule has 4 rings (SSSR count). The average Bonchev–Trinajstić information content (AvgIpc) is 3.05. The Morgan fingerprint density at radius 3 is 2.27 bits per heavy atom. The normalized spacial score (nSPS) is 13.8. The van der Waals surface area contributed by atoms with Crippen molar-refractivity contribution in [1.29, 1.82) is 0 Å². The minimum Gasteiger partial charge on any atom is -0.506 e. The van der Waals surface area contributed by atoms with Crippen molar-refractivity contribution in [2.45, 2.75) is 28.9 Å². The van der Waals surface area contributed by atoms with Crippen molar-refractivity contribution in [1.82, 2.24) is 15.0 Å². The van der Waals surface area contributed by atoms with Gasteiger partial charge in [0.25, 0.3) is 31.9 Å². The van der Waals surface area contributed by atoms with Gasteiger partial charge in [0.05, 0.1) is 33.1 Å². The van der Waals surface area contributed by atoms with Crippen molar-refractivity contribution in [2.24, 2.45) is 15.2 Å². The lowest BCUT2D eigenvalue weighted by Gasteiger charge is -2.15. The number of allylic oxidation sites excluding steroid dienone is 1. The van der Waals surface area contributed by atoms with E-state index in [2.05, 4.69) is 39.7 Å². The maximum Gasteiger partial charge on any atom is 0.397 e. The van der Waals surface area contributed by atoms with Gasteiger partial charge in [-0.25, -0.2) is 17.6 Å². The Morgan fingerprint density at radius 1 is 0.982 bits per heavy atom. The van der Waals surface area contributed by atoms with E-state index in [1.54, 1.807) is 0 Å². The molecule has 0 fully saturated rings. The lowest BCUT2D eigenvalue weighted by Crippen LogP contribution is -2.23. The zero-order valence-electron chi connectivity index (χ0n) is 28.0. The summed E-state index contributed by atoms with van der Waals surface area (Å²) in [6.45, 7) is 1.81. The number of phenolic OH excluding ortho intramolecular Hbond substituents is 2. The zero-order chi connectivity index (χ0) is 42.0. The van der Waals surface area contributed by atoms with Gasteiger partial charge in [0.2, 0.25) is 11.2 Å². The van der Waals surface area contributed by atoms with Crippen LogP contribution in [0, 0.1) is 10.1 Å². The molecule has 3 aromatic carbocycles. The molecule has 56 heavy (non-hydrogen) atoms. The molecule has 6 N–H and O–H groups in total. The number of azo groups is 1. The van der Waals surface area contributed by atoms with Gasteiger partial charge >= 0.3 is 10.4 Å². The number of nitrogens with one attached hydrogen (secondary N) is 1. The number of nitrogens with zero attached hydrogens (tertiary/aromatic N) is 7. The van der Waals surface area contributed by atoms with Crippen LogP contribution in [0.2, 0.25) is 5.28 Å². The first-order valence-corrected chi connectivity index (χ1v) is 21.0. The van der Waals surface area contributed by atoms with Crippen LogP contribution < -0.4 is 5.32 Å². The Hall–Kier alpha value is -5.33. The summed E-state index contributed by atoms with van der Waals surface area (Å²) >= 11 is 6.05. The SMILES string of the molecule is CC(C=CC(C)S(=O)(=O)CCOS(=O)(=O)O)=Nc1nc(Cl)nc(Nc2cc(S(=O)(=O)O)cc3cc(S(=O)(=O)O)c(N=Nc4cc([N+](=O)[O-])ccc4O)c(O)c23)n1. The number of rotatable bonds is 15. The summed E-state index contributed by atoms with van der Waals surface area (Å²) in [5, 5.41) is 39.7. The molecule has 29 heteroatoms. The van der Waals surface area contributed by atoms with E-state index in [-0.39, 0.29) is 5.71 Å². The Morgan fingerprint density at radius 2 is 1.66 bits per heavy atom. The fraction of sp³-hybridized carbons (Fsp3) is 0.185. The Bertz CT molecular complexity index is 2800. The number of benzene rings is 3. The van der Waals surface area contributed by atoms with E-state index in [0.29, 0.717) is 12.1 Å². The summed E-state index contributed by atoms with van der Waals surface area (Å²) in [4.78, 5) is 24.1. The van der Waals surface area contributed by atoms with E-state index < -0.39 is 135 Å². The molecule has 0 spiro atoms. The molecule has 4 aromatic rings. The van der Waals surface area contributed by atoms with Crippen LogP contribution in [0.5, 0.6) is 11.5 Å². The monoisotopic (exact) mass is 880 g/mol. The second kappa shape index (κ2) is 16.4. The molecule has 0 aliphatic heterocycles. The molecule has 0 amide bonds. The van der Waals surface area contributed by atoms with Crippen LogP contribution in [0.4, 0.5) is 34.6 Å². The quantitative estimate of drug-likeness (QED) is 0.0324. The van der Waals surface area contributed by atoms with E-state index in [1.807, 2.05) is 0 Å². The van der Waals surface area contributed by atoms with Crippen LogP contribution in [-0.2, 0) is 44.7 Å². The number of hydrogen-bond acceptors (Lipinski definition) is 20. The predicted molar refractivity (Wildman–Crippen MR) is 195 cm³/mol. The van der Waals surface area contributed by atoms with Crippen LogP contribution in [0.3, 0.4) is 0 Å². The molecule has 1 atom stereocenters. The number of aromatic nitrogens is 3. The van der Waals surface area contributed by atoms with Crippen LogP contribution in [-0.4, -0.2) is 101 Å². The van der Waals surface area contributed by atoms with Gasteiger partial charge in [-0.15, -0.1) is 10.2 Å². The van der Waals surface area contributed by atoms with E-state index in [0.717, 1.165) is 24.3 Å². The zero-order valence-corrected chi connectivity index (χ0v) is 32.0. The maximum atomic E-state index is 12.4. The highest BCUT2D eigenvalue weighted by Gasteiger charge is 2.26. The van der Waals surface area contributed by atoms with Crippen LogP contribution >= 0.6 is 11.6 Å². The first-order valence-electron chi connectivity index (χ1n) is 14.7. The summed E-state index contributed by atoms with van der Waals surface area (Å²) in [5.74, 6) is -3.47. The first kappa shape index (κ1) is 43.4. The third-order valence-corrected chi connectivity index (χ3v) is 11.4. The fourth-order valence-electron chi connectivity index (χ4n) is 4.41. The molecule has 1 unspecified atom stereocenters. The average molecular weight is 881 g/mol. The third-order valence-electron chi connectivity index (χ3n) is 7.02. The van der Waals surface area contributed by atoms with Gasteiger partial charge in [-0.1, -0.05) is 6.08 Å². The van der Waals surface area contributed by atoms with E-state index >= 15 is 0 Å². The third kappa shape index (κ3) is 11.1. The smallest absolute Gasteiger partial charge is 0.397 e. The standard InChI is InChI=1S/C27H25ClN8O16S4/c1-13(3-4-14(2)53(41,42)8-7-52-56(49,50)51)29-26-31-25(28)32-27(33-26)30-19-12-17(54(43,44)45)9-15-10-21(55(46,47)48)23(24(38)22(15)19)35-34-18-11-16(36(39)40)5-6-20(18)37/h3-6,9-12,14,37-38H,7-8H2,1-2H3,(H,43,44,45)(H,46,47,48)(H,49,50,51)(H,30,31,32,33). The number of non-ortho nitro benzene ring substituents is 1. The number of sulfone groups is 1. The van der Waals surface area contributed by atoms with Crippen molar-refractivity contribution in [2.75, 3.05) is 17.7 Å². The van der Waals surface area contributed by atoms with Crippen molar-refractivity contribution < 1.29 is 66.6 Å². The molecule has 0 bridgehead atoms. The predicted octanol–water partition coefficient (Wildman–Crippen LogP) is 3.92. The lowest BCUT2D eigenvalue weighted by molar-refractivity contribution is -0.384. The Kier molecular flexibility index (Phi) is 12.7. The maximum absolute atomic E-state index is 12.4. The molecular weight excluding hydrogens is 856 g/mol. The van der Waals surface area contributed by atoms with Gasteiger partial charge in [-0.3, -0.25) is 23.8 Å². The molecule has 0 aliphatic rings. The molecule has 0 aliphatic carbocycles. The highest BCUT2D eigenvalue weighted by molar-refractivity contribution is 7.92. The number of aromatic hydroxyl groups is 2. The number of aliphatic imine (C=N–C) groups is 1. The molecule has 300 valence electrons. The van der Waals surface area contributed by atoms with Gasteiger partial charge in [-0.2, -0.15) is 40.2 Å². The van der Waals surface area contributed by atoms with Crippen molar-refractivity contribution in [3.8, 4) is 11.5 Å². The number of hydrogen-bond donors (Lipinski definition) is 6. The van der Waals surface area contributed by atoms with Crippen LogP contribution in [0.15, 0.2) is 73.6 Å². The highest BCUT2D eigenvalue weighted by Crippen LogP contribution is 2.46. The number of nitro groups is 1. The van der Waals surface area contributed by atoms with Crippen molar-refractivity contribution in [3.63, 3.8) is 0 Å². The summed E-state index contributed by atoms with van der Waals surface area (Å²) in [5.41, 5.74) is -2.53. The topological polar surface area (TPSA) is 378 Å². The lowest BCUT2D eigenvalue weighted by atomic mass is 10.1. The van der Waals surface area contributed by atoms with Crippen molar-refractivity contribution in [3.05, 3.63) is 63.9 Å². The van der Waals surface area contributed by atoms with Crippen molar-refractivity contribution >= 4 is 103 Å². The van der Waals surface area contributed by atoms with Gasteiger partial charge in [0.1, 0.15) is 22.0 Å².